The number of aromatic amines is 1. The average molecular weight is 276 g/mol. The van der Waals surface area contributed by atoms with Crippen molar-refractivity contribution in [3.63, 3.8) is 0 Å². The van der Waals surface area contributed by atoms with Crippen LogP contribution in [-0.4, -0.2) is 49.3 Å². The first kappa shape index (κ1) is 13.9. The van der Waals surface area contributed by atoms with E-state index in [4.69, 9.17) is 4.74 Å². The Labute approximate surface area is 105 Å². The Morgan fingerprint density at radius 1 is 1.42 bits per heavy atom. The van der Waals surface area contributed by atoms with Gasteiger partial charge >= 0.3 is 5.69 Å². The van der Waals surface area contributed by atoms with Crippen molar-refractivity contribution in [2.24, 2.45) is 0 Å². The van der Waals surface area contributed by atoms with Crippen LogP contribution in [0.2, 0.25) is 0 Å². The van der Waals surface area contributed by atoms with E-state index in [1.165, 1.54) is 6.92 Å². The van der Waals surface area contributed by atoms with Gasteiger partial charge in [-0.25, -0.2) is 4.79 Å². The molecule has 0 bridgehead atoms. The number of aliphatic hydroxyl groups is 3. The number of aliphatic hydroxyl groups excluding tert-OH is 3. The lowest BCUT2D eigenvalue weighted by molar-refractivity contribution is -0.0806. The quantitative estimate of drug-likeness (QED) is 0.480. The van der Waals surface area contributed by atoms with Crippen LogP contribution in [0.3, 0.4) is 0 Å². The Morgan fingerprint density at radius 3 is 2.58 bits per heavy atom. The van der Waals surface area contributed by atoms with Crippen molar-refractivity contribution in [3.05, 3.63) is 32.9 Å². The zero-order chi connectivity index (χ0) is 14.3. The van der Waals surface area contributed by atoms with Crippen molar-refractivity contribution in [3.8, 4) is 0 Å². The van der Waals surface area contributed by atoms with Crippen LogP contribution in [0.25, 0.3) is 0 Å². The number of hydrogen-bond donors (Lipinski definition) is 4. The maximum absolute atomic E-state index is 13.1. The predicted molar refractivity (Wildman–Crippen MR) is 58.9 cm³/mol. The fraction of sp³-hybridized carbons (Fsp3) is 0.600. The standard InChI is InChI=1S/C10H13FN2O6/c1-3(14)7-5(15)6(16)9(19-7)13-2-4(11)8(17)12-10(13)18/h2-3,5-7,9,14-16H,1H3,(H,12,17,18)/t3-,5?,6+,7-,9-/m1/s1. The lowest BCUT2D eigenvalue weighted by atomic mass is 10.1. The van der Waals surface area contributed by atoms with Gasteiger partial charge in [-0.3, -0.25) is 14.3 Å². The van der Waals surface area contributed by atoms with Crippen LogP contribution < -0.4 is 11.2 Å². The van der Waals surface area contributed by atoms with Crippen LogP contribution in [0.4, 0.5) is 4.39 Å². The summed E-state index contributed by atoms with van der Waals surface area (Å²) in [6.07, 6.45) is -6.02. The van der Waals surface area contributed by atoms with Gasteiger partial charge in [-0.05, 0) is 6.92 Å². The Morgan fingerprint density at radius 2 is 2.05 bits per heavy atom. The molecule has 1 saturated heterocycles. The van der Waals surface area contributed by atoms with E-state index < -0.39 is 47.7 Å². The van der Waals surface area contributed by atoms with E-state index in [1.54, 1.807) is 4.98 Å². The molecule has 9 heteroatoms. The van der Waals surface area contributed by atoms with Crippen molar-refractivity contribution < 1.29 is 24.4 Å². The molecule has 1 aromatic rings. The molecule has 0 amide bonds. The first-order valence-electron chi connectivity index (χ1n) is 5.53. The third-order valence-corrected chi connectivity index (χ3v) is 2.95. The van der Waals surface area contributed by atoms with Gasteiger partial charge < -0.3 is 20.1 Å². The lowest BCUT2D eigenvalue weighted by Gasteiger charge is -2.17. The number of nitrogens with zero attached hydrogens (tertiary/aromatic N) is 1. The third-order valence-electron chi connectivity index (χ3n) is 2.95. The Balaban J connectivity index is 2.41. The number of nitrogens with one attached hydrogen (secondary N) is 1. The third kappa shape index (κ3) is 2.32. The first-order valence-corrected chi connectivity index (χ1v) is 5.53. The molecule has 8 nitrogen and oxygen atoms in total. The zero-order valence-electron chi connectivity index (χ0n) is 9.86. The molecule has 4 N–H and O–H groups in total. The second kappa shape index (κ2) is 4.85. The Kier molecular flexibility index (Phi) is 3.54. The smallest absolute Gasteiger partial charge is 0.330 e. The van der Waals surface area contributed by atoms with Crippen molar-refractivity contribution in [1.29, 1.82) is 0 Å². The van der Waals surface area contributed by atoms with Gasteiger partial charge in [0.15, 0.2) is 6.23 Å². The molecule has 5 atom stereocenters. The molecular formula is C10H13FN2O6. The molecule has 19 heavy (non-hydrogen) atoms. The van der Waals surface area contributed by atoms with Gasteiger partial charge in [-0.1, -0.05) is 0 Å². The van der Waals surface area contributed by atoms with Gasteiger partial charge in [0.1, 0.15) is 18.3 Å². The molecular weight excluding hydrogens is 263 g/mol. The molecule has 2 heterocycles. The van der Waals surface area contributed by atoms with Crippen molar-refractivity contribution in [1.82, 2.24) is 9.55 Å². The van der Waals surface area contributed by atoms with Gasteiger partial charge in [-0.2, -0.15) is 4.39 Å². The minimum atomic E-state index is -1.54. The van der Waals surface area contributed by atoms with Gasteiger partial charge in [0.05, 0.1) is 12.3 Å². The van der Waals surface area contributed by atoms with Crippen LogP contribution >= 0.6 is 0 Å². The molecule has 1 aliphatic rings. The molecule has 1 aliphatic heterocycles. The normalized spacial score (nSPS) is 32.5. The fourth-order valence-electron chi connectivity index (χ4n) is 1.96. The van der Waals surface area contributed by atoms with Gasteiger partial charge in [0, 0.05) is 0 Å². The Hall–Kier alpha value is -1.55. The van der Waals surface area contributed by atoms with Crippen molar-refractivity contribution >= 4 is 0 Å². The summed E-state index contributed by atoms with van der Waals surface area (Å²) in [7, 11) is 0. The summed E-state index contributed by atoms with van der Waals surface area (Å²) in [5.41, 5.74) is -2.18. The number of rotatable bonds is 2. The highest BCUT2D eigenvalue weighted by molar-refractivity contribution is 4.95. The van der Waals surface area contributed by atoms with E-state index in [9.17, 15) is 29.3 Å². The molecule has 2 rings (SSSR count). The van der Waals surface area contributed by atoms with Gasteiger partial charge in [0.25, 0.3) is 5.56 Å². The van der Waals surface area contributed by atoms with Crippen LogP contribution in [-0.2, 0) is 4.74 Å². The average Bonchev–Trinajstić information content (AvgIpc) is 2.62. The molecule has 1 fully saturated rings. The summed E-state index contributed by atoms with van der Waals surface area (Å²) in [4.78, 5) is 24.1. The Bertz CT molecular complexity index is 582. The summed E-state index contributed by atoms with van der Waals surface area (Å²) >= 11 is 0. The van der Waals surface area contributed by atoms with Crippen molar-refractivity contribution in [2.75, 3.05) is 0 Å². The fourth-order valence-corrected chi connectivity index (χ4v) is 1.96. The van der Waals surface area contributed by atoms with Crippen molar-refractivity contribution in [2.45, 2.75) is 37.6 Å². The second-order valence-corrected chi connectivity index (χ2v) is 4.36. The highest BCUT2D eigenvalue weighted by Gasteiger charge is 2.46. The van der Waals surface area contributed by atoms with Gasteiger partial charge in [-0.15, -0.1) is 0 Å². The second-order valence-electron chi connectivity index (χ2n) is 4.36. The number of aromatic nitrogens is 2. The molecule has 0 spiro atoms. The first-order chi connectivity index (χ1) is 8.82. The van der Waals surface area contributed by atoms with Crippen LogP contribution in [0.15, 0.2) is 15.8 Å². The highest BCUT2D eigenvalue weighted by atomic mass is 19.1. The zero-order valence-corrected chi connectivity index (χ0v) is 9.86. The molecule has 0 aliphatic carbocycles. The van der Waals surface area contributed by atoms with E-state index in [1.807, 2.05) is 0 Å². The van der Waals surface area contributed by atoms with E-state index >= 15 is 0 Å². The van der Waals surface area contributed by atoms with Crippen LogP contribution in [0.5, 0.6) is 0 Å². The molecule has 106 valence electrons. The van der Waals surface area contributed by atoms with E-state index in [-0.39, 0.29) is 0 Å². The summed E-state index contributed by atoms with van der Waals surface area (Å²) in [6.45, 7) is 1.33. The number of halogens is 1. The van der Waals surface area contributed by atoms with E-state index in [2.05, 4.69) is 0 Å². The summed E-state index contributed by atoms with van der Waals surface area (Å²) < 4.78 is 18.9. The molecule has 0 aromatic carbocycles. The topological polar surface area (TPSA) is 125 Å². The monoisotopic (exact) mass is 276 g/mol. The number of ether oxygens (including phenoxy) is 1. The molecule has 1 unspecified atom stereocenters. The summed E-state index contributed by atoms with van der Waals surface area (Å²) in [5, 5.41) is 28.8. The molecule has 1 aromatic heterocycles. The van der Waals surface area contributed by atoms with Crippen LogP contribution in [0, 0.1) is 5.82 Å². The SMILES string of the molecule is C[C@@H](O)[C@H]1O[C@@H](n2cc(F)c(=O)[nH]c2=O)[C@@H](O)C1O. The van der Waals surface area contributed by atoms with E-state index in [0.717, 1.165) is 0 Å². The lowest BCUT2D eigenvalue weighted by Crippen LogP contribution is -2.39. The highest BCUT2D eigenvalue weighted by Crippen LogP contribution is 2.29. The summed E-state index contributed by atoms with van der Waals surface area (Å²) in [6, 6.07) is 0. The maximum atomic E-state index is 13.1. The van der Waals surface area contributed by atoms with Gasteiger partial charge in [0.2, 0.25) is 5.82 Å². The predicted octanol–water partition coefficient (Wildman–Crippen LogP) is -2.32. The van der Waals surface area contributed by atoms with E-state index in [0.29, 0.717) is 10.8 Å². The molecule has 0 radical (unpaired) electrons. The number of H-pyrrole nitrogens is 1. The maximum Gasteiger partial charge on any atom is 0.330 e. The number of hydrogen-bond acceptors (Lipinski definition) is 6. The largest absolute Gasteiger partial charge is 0.391 e. The molecule has 0 saturated carbocycles. The minimum Gasteiger partial charge on any atom is -0.391 e. The minimum absolute atomic E-state index is 0.576. The van der Waals surface area contributed by atoms with Crippen LogP contribution in [0.1, 0.15) is 13.2 Å². The summed E-state index contributed by atoms with van der Waals surface area (Å²) in [5.74, 6) is -1.23.